The molecule has 0 radical (unpaired) electrons. The first-order chi connectivity index (χ1) is 7.38. The number of rotatable bonds is 2. The van der Waals surface area contributed by atoms with Gasteiger partial charge in [0.25, 0.3) is 5.69 Å². The summed E-state index contributed by atoms with van der Waals surface area (Å²) in [5.41, 5.74) is 4.66. The van der Waals surface area contributed by atoms with Crippen LogP contribution in [0.25, 0.3) is 0 Å². The highest BCUT2D eigenvalue weighted by molar-refractivity contribution is 7.93. The number of hydrogen-bond acceptors (Lipinski definition) is 5. The molecule has 1 atom stereocenters. The number of nitriles is 1. The summed E-state index contributed by atoms with van der Waals surface area (Å²) in [7, 11) is -2.93. The van der Waals surface area contributed by atoms with Gasteiger partial charge in [0.15, 0.2) is 6.20 Å². The maximum absolute atomic E-state index is 11.8. The zero-order chi connectivity index (χ0) is 12.3. The SMILES string of the molecule is CS(=O)(=NC#N)c1ccc(C(N)=O)[n+]([O-])c1. The normalized spacial score (nSPS) is 13.5. The zero-order valence-corrected chi connectivity index (χ0v) is 9.10. The summed E-state index contributed by atoms with van der Waals surface area (Å²) in [6.45, 7) is 0. The van der Waals surface area contributed by atoms with Gasteiger partial charge in [-0.3, -0.25) is 4.79 Å². The van der Waals surface area contributed by atoms with E-state index in [1.54, 1.807) is 0 Å². The number of carbonyl (C=O) groups is 1. The molecular formula is C8H8N4O3S. The standard InChI is InChI=1S/C8H8N4O3S/c1-16(15,11-5-9)6-2-3-7(8(10)13)12(14)4-6/h2-4H,1H3,(H2,10,13). The van der Waals surface area contributed by atoms with E-state index >= 15 is 0 Å². The molecule has 84 valence electrons. The van der Waals surface area contributed by atoms with Crippen molar-refractivity contribution in [1.29, 1.82) is 5.26 Å². The molecule has 0 aromatic carbocycles. The van der Waals surface area contributed by atoms with Crippen molar-refractivity contribution in [2.24, 2.45) is 10.1 Å². The summed E-state index contributed by atoms with van der Waals surface area (Å²) in [6, 6.07) is 2.42. The molecule has 0 spiro atoms. The number of pyridine rings is 1. The van der Waals surface area contributed by atoms with E-state index in [2.05, 4.69) is 4.36 Å². The van der Waals surface area contributed by atoms with Crippen LogP contribution in [-0.2, 0) is 9.73 Å². The Morgan fingerprint density at radius 2 is 2.31 bits per heavy atom. The lowest BCUT2D eigenvalue weighted by atomic mass is 10.3. The Kier molecular flexibility index (Phi) is 3.10. The van der Waals surface area contributed by atoms with E-state index in [4.69, 9.17) is 11.0 Å². The molecule has 1 heterocycles. The number of nitrogens with zero attached hydrogens (tertiary/aromatic N) is 3. The highest BCUT2D eigenvalue weighted by atomic mass is 32.2. The monoisotopic (exact) mass is 240 g/mol. The van der Waals surface area contributed by atoms with Crippen LogP contribution in [0.2, 0.25) is 0 Å². The Labute approximate surface area is 91.9 Å². The molecule has 0 bridgehead atoms. The first-order valence-electron chi connectivity index (χ1n) is 4.02. The highest BCUT2D eigenvalue weighted by Crippen LogP contribution is 2.09. The van der Waals surface area contributed by atoms with Crippen molar-refractivity contribution in [1.82, 2.24) is 0 Å². The zero-order valence-electron chi connectivity index (χ0n) is 8.28. The fraction of sp³-hybridized carbons (Fsp3) is 0.125. The van der Waals surface area contributed by atoms with Gasteiger partial charge in [-0.25, -0.2) is 4.21 Å². The van der Waals surface area contributed by atoms with Crippen molar-refractivity contribution < 1.29 is 13.7 Å². The summed E-state index contributed by atoms with van der Waals surface area (Å²) in [6.07, 6.45) is 3.55. The molecule has 1 aromatic heterocycles. The lowest BCUT2D eigenvalue weighted by molar-refractivity contribution is -0.609. The van der Waals surface area contributed by atoms with Crippen LogP contribution in [0, 0.1) is 16.7 Å². The van der Waals surface area contributed by atoms with E-state index in [1.165, 1.54) is 18.5 Å². The predicted octanol–water partition coefficient (Wildman–Crippen LogP) is -0.643. The van der Waals surface area contributed by atoms with Crippen molar-refractivity contribution in [2.45, 2.75) is 4.90 Å². The maximum Gasteiger partial charge on any atom is 0.314 e. The molecule has 7 nitrogen and oxygen atoms in total. The molecule has 1 unspecified atom stereocenters. The third kappa shape index (κ3) is 2.26. The fourth-order valence-corrected chi connectivity index (χ4v) is 1.88. The minimum absolute atomic E-state index is 0.0639. The van der Waals surface area contributed by atoms with Crippen molar-refractivity contribution in [3.05, 3.63) is 29.2 Å². The molecule has 0 aliphatic carbocycles. The smallest absolute Gasteiger partial charge is 0.314 e. The number of hydrogen-bond donors (Lipinski definition) is 1. The van der Waals surface area contributed by atoms with Crippen molar-refractivity contribution >= 4 is 15.6 Å². The van der Waals surface area contributed by atoms with Gasteiger partial charge in [-0.05, 0) is 6.07 Å². The van der Waals surface area contributed by atoms with Crippen molar-refractivity contribution in [3.63, 3.8) is 0 Å². The minimum atomic E-state index is -2.93. The Hall–Kier alpha value is -2.14. The third-order valence-corrected chi connectivity index (χ3v) is 3.34. The highest BCUT2D eigenvalue weighted by Gasteiger charge is 2.16. The average molecular weight is 240 g/mol. The van der Waals surface area contributed by atoms with Gasteiger partial charge in [-0.1, -0.05) is 0 Å². The molecule has 1 rings (SSSR count). The molecule has 1 amide bonds. The Bertz CT molecular complexity index is 596. The van der Waals surface area contributed by atoms with Gasteiger partial charge in [0, 0.05) is 12.3 Å². The largest absolute Gasteiger partial charge is 0.618 e. The van der Waals surface area contributed by atoms with Gasteiger partial charge in [0.05, 0.1) is 9.73 Å². The minimum Gasteiger partial charge on any atom is -0.618 e. The number of carbonyl (C=O) groups excluding carboxylic acids is 1. The summed E-state index contributed by atoms with van der Waals surface area (Å²) in [5, 5.41) is 19.6. The van der Waals surface area contributed by atoms with E-state index in [1.807, 2.05) is 0 Å². The topological polar surface area (TPSA) is 123 Å². The Morgan fingerprint density at radius 1 is 1.69 bits per heavy atom. The quantitative estimate of drug-likeness (QED) is 0.419. The average Bonchev–Trinajstić information content (AvgIpc) is 2.16. The molecule has 1 aromatic rings. The van der Waals surface area contributed by atoms with Crippen LogP contribution < -0.4 is 10.5 Å². The molecule has 16 heavy (non-hydrogen) atoms. The Balaban J connectivity index is 3.39. The van der Waals surface area contributed by atoms with Crippen LogP contribution in [0.4, 0.5) is 0 Å². The van der Waals surface area contributed by atoms with Gasteiger partial charge in [-0.2, -0.15) is 9.99 Å². The summed E-state index contributed by atoms with van der Waals surface area (Å²) >= 11 is 0. The van der Waals surface area contributed by atoms with Crippen LogP contribution in [0.15, 0.2) is 27.6 Å². The molecule has 0 saturated carbocycles. The summed E-state index contributed by atoms with van der Waals surface area (Å²) in [5.74, 6) is -0.888. The lowest BCUT2D eigenvalue weighted by Crippen LogP contribution is -2.37. The van der Waals surface area contributed by atoms with Crippen molar-refractivity contribution in [2.75, 3.05) is 6.26 Å². The van der Waals surface area contributed by atoms with Crippen LogP contribution in [0.5, 0.6) is 0 Å². The molecule has 0 saturated heterocycles. The summed E-state index contributed by atoms with van der Waals surface area (Å²) < 4.78 is 15.2. The lowest BCUT2D eigenvalue weighted by Gasteiger charge is -2.04. The van der Waals surface area contributed by atoms with E-state index in [0.29, 0.717) is 0 Å². The molecule has 2 N–H and O–H groups in total. The van der Waals surface area contributed by atoms with E-state index < -0.39 is 15.6 Å². The van der Waals surface area contributed by atoms with Gasteiger partial charge in [0.1, 0.15) is 4.90 Å². The maximum atomic E-state index is 11.8. The second-order valence-corrected chi connectivity index (χ2v) is 5.19. The number of aromatic nitrogens is 1. The number of primary amides is 1. The van der Waals surface area contributed by atoms with Crippen LogP contribution in [0.1, 0.15) is 10.5 Å². The predicted molar refractivity (Wildman–Crippen MR) is 54.3 cm³/mol. The fourth-order valence-electron chi connectivity index (χ4n) is 1.01. The van der Waals surface area contributed by atoms with Gasteiger partial charge < -0.3 is 10.9 Å². The second-order valence-electron chi connectivity index (χ2n) is 2.93. The molecular weight excluding hydrogens is 232 g/mol. The van der Waals surface area contributed by atoms with Gasteiger partial charge in [-0.15, -0.1) is 4.36 Å². The number of nitrogens with two attached hydrogens (primary N) is 1. The molecule has 8 heteroatoms. The van der Waals surface area contributed by atoms with E-state index in [0.717, 1.165) is 12.3 Å². The van der Waals surface area contributed by atoms with Crippen molar-refractivity contribution in [3.8, 4) is 6.19 Å². The molecule has 0 fully saturated rings. The first-order valence-corrected chi connectivity index (χ1v) is 5.94. The van der Waals surface area contributed by atoms with Gasteiger partial charge in [0.2, 0.25) is 6.19 Å². The van der Waals surface area contributed by atoms with Gasteiger partial charge >= 0.3 is 5.91 Å². The first kappa shape index (κ1) is 11.9. The van der Waals surface area contributed by atoms with Crippen LogP contribution in [-0.4, -0.2) is 16.4 Å². The summed E-state index contributed by atoms with van der Waals surface area (Å²) in [4.78, 5) is 10.8. The number of amides is 1. The third-order valence-electron chi connectivity index (χ3n) is 1.79. The van der Waals surface area contributed by atoms with Crippen LogP contribution >= 0.6 is 0 Å². The van der Waals surface area contributed by atoms with E-state index in [9.17, 15) is 14.2 Å². The second kappa shape index (κ2) is 4.16. The van der Waals surface area contributed by atoms with E-state index in [-0.39, 0.29) is 15.3 Å². The van der Waals surface area contributed by atoms with Crippen LogP contribution in [0.3, 0.4) is 0 Å². The molecule has 0 aliphatic rings. The Morgan fingerprint density at radius 3 is 2.75 bits per heavy atom. The molecule has 0 aliphatic heterocycles.